The van der Waals surface area contributed by atoms with Gasteiger partial charge in [0.25, 0.3) is 10.0 Å². The third-order valence-corrected chi connectivity index (χ3v) is 3.78. The number of hydrogen-bond acceptors (Lipinski definition) is 4. The molecule has 1 aromatic carbocycles. The first-order valence-electron chi connectivity index (χ1n) is 5.32. The molecule has 0 fully saturated rings. The maximum absolute atomic E-state index is 11.7. The maximum Gasteiger partial charge on any atom is 0.285 e. The molecule has 1 aliphatic heterocycles. The number of nitrogens with zero attached hydrogens (tertiary/aromatic N) is 1. The van der Waals surface area contributed by atoms with Gasteiger partial charge in [0.2, 0.25) is 0 Å². The Hall–Kier alpha value is -1.40. The summed E-state index contributed by atoms with van der Waals surface area (Å²) < 4.78 is 32.0. The van der Waals surface area contributed by atoms with Gasteiger partial charge >= 0.3 is 0 Å². The van der Waals surface area contributed by atoms with Crippen molar-refractivity contribution in [2.45, 2.75) is 11.3 Å². The Labute approximate surface area is 101 Å². The van der Waals surface area contributed by atoms with E-state index < -0.39 is 10.0 Å². The van der Waals surface area contributed by atoms with Crippen LogP contribution in [0.25, 0.3) is 0 Å². The average molecular weight is 254 g/mol. The molecule has 0 atom stereocenters. The molecule has 1 aliphatic rings. The van der Waals surface area contributed by atoms with E-state index in [1.807, 2.05) is 0 Å². The van der Waals surface area contributed by atoms with E-state index in [-0.39, 0.29) is 4.90 Å². The normalized spacial score (nSPS) is 16.4. The molecule has 6 heteroatoms. The molecule has 1 N–H and O–H groups in total. The molecule has 5 nitrogen and oxygen atoms in total. The van der Waals surface area contributed by atoms with Gasteiger partial charge in [0.1, 0.15) is 10.7 Å². The number of amidine groups is 1. The van der Waals surface area contributed by atoms with Crippen molar-refractivity contribution in [3.8, 4) is 0 Å². The number of rotatable bonds is 4. The first kappa shape index (κ1) is 12.1. The van der Waals surface area contributed by atoms with Crippen LogP contribution >= 0.6 is 0 Å². The van der Waals surface area contributed by atoms with E-state index in [4.69, 9.17) is 4.74 Å². The van der Waals surface area contributed by atoms with Crippen molar-refractivity contribution in [2.75, 3.05) is 20.3 Å². The Morgan fingerprint density at radius 3 is 2.88 bits per heavy atom. The van der Waals surface area contributed by atoms with Gasteiger partial charge in [-0.15, -0.1) is 4.40 Å². The summed E-state index contributed by atoms with van der Waals surface area (Å²) in [4.78, 5) is 0.272. The molecule has 0 aromatic heterocycles. The minimum absolute atomic E-state index is 0.272. The van der Waals surface area contributed by atoms with Crippen molar-refractivity contribution in [2.24, 2.45) is 4.40 Å². The molecule has 0 aliphatic carbocycles. The highest BCUT2D eigenvalue weighted by Gasteiger charge is 2.27. The van der Waals surface area contributed by atoms with Gasteiger partial charge in [0.15, 0.2) is 0 Å². The summed E-state index contributed by atoms with van der Waals surface area (Å²) in [6.45, 7) is 1.27. The summed E-state index contributed by atoms with van der Waals surface area (Å²) in [6.07, 6.45) is 0.803. The number of fused-ring (bicyclic) bond motifs is 1. The van der Waals surface area contributed by atoms with Crippen molar-refractivity contribution >= 4 is 15.9 Å². The molecule has 0 saturated carbocycles. The number of benzene rings is 1. The van der Waals surface area contributed by atoms with Crippen molar-refractivity contribution in [1.29, 1.82) is 0 Å². The zero-order chi connectivity index (χ0) is 12.3. The molecule has 0 radical (unpaired) electrons. The molecule has 17 heavy (non-hydrogen) atoms. The molecule has 0 unspecified atom stereocenters. The van der Waals surface area contributed by atoms with Gasteiger partial charge in [-0.05, 0) is 18.6 Å². The molecule has 92 valence electrons. The Morgan fingerprint density at radius 2 is 2.12 bits per heavy atom. The van der Waals surface area contributed by atoms with E-state index in [0.717, 1.165) is 6.42 Å². The smallest absolute Gasteiger partial charge is 0.285 e. The van der Waals surface area contributed by atoms with E-state index >= 15 is 0 Å². The molecule has 0 amide bonds. The Balaban J connectivity index is 2.15. The van der Waals surface area contributed by atoms with Crippen LogP contribution in [0, 0.1) is 0 Å². The lowest BCUT2D eigenvalue weighted by Gasteiger charge is -2.05. The largest absolute Gasteiger partial charge is 0.385 e. The Kier molecular flexibility index (Phi) is 3.44. The number of methoxy groups -OCH3 is 1. The summed E-state index contributed by atoms with van der Waals surface area (Å²) in [5.41, 5.74) is 0.643. The SMILES string of the molecule is COCCCNC1=NS(=O)(=O)c2ccccc21. The van der Waals surface area contributed by atoms with Crippen LogP contribution in [0.2, 0.25) is 0 Å². The average Bonchev–Trinajstić information content (AvgIpc) is 2.58. The number of nitrogens with one attached hydrogen (secondary N) is 1. The highest BCUT2D eigenvalue weighted by molar-refractivity contribution is 7.90. The van der Waals surface area contributed by atoms with Gasteiger partial charge in [-0.1, -0.05) is 12.1 Å². The standard InChI is InChI=1S/C11H14N2O3S/c1-16-8-4-7-12-11-9-5-2-3-6-10(9)17(14,15)13-11/h2-3,5-6H,4,7-8H2,1H3,(H,12,13). The quantitative estimate of drug-likeness (QED) is 0.806. The van der Waals surface area contributed by atoms with Crippen LogP contribution in [-0.2, 0) is 14.8 Å². The summed E-state index contributed by atoms with van der Waals surface area (Å²) in [5.74, 6) is 0.428. The predicted octanol–water partition coefficient (Wildman–Crippen LogP) is 0.762. The molecule has 0 saturated heterocycles. The summed E-state index contributed by atoms with van der Waals surface area (Å²) in [5, 5.41) is 3.02. The van der Waals surface area contributed by atoms with Crippen LogP contribution in [0.4, 0.5) is 0 Å². The number of ether oxygens (including phenoxy) is 1. The molecule has 1 aromatic rings. The number of sulfonamides is 1. The van der Waals surface area contributed by atoms with Crippen LogP contribution in [0.5, 0.6) is 0 Å². The zero-order valence-electron chi connectivity index (χ0n) is 9.51. The molecule has 0 spiro atoms. The van der Waals surface area contributed by atoms with Gasteiger partial charge < -0.3 is 10.1 Å². The lowest BCUT2D eigenvalue weighted by Crippen LogP contribution is -2.24. The van der Waals surface area contributed by atoms with Gasteiger partial charge in [0, 0.05) is 25.8 Å². The molecule has 1 heterocycles. The fraction of sp³-hybridized carbons (Fsp3) is 0.364. The van der Waals surface area contributed by atoms with E-state index in [0.29, 0.717) is 24.6 Å². The first-order chi connectivity index (χ1) is 8.15. The summed E-state index contributed by atoms with van der Waals surface area (Å²) in [6, 6.07) is 6.81. The van der Waals surface area contributed by atoms with Crippen molar-refractivity contribution < 1.29 is 13.2 Å². The topological polar surface area (TPSA) is 67.8 Å². The highest BCUT2D eigenvalue weighted by Crippen LogP contribution is 2.24. The number of hydrogen-bond donors (Lipinski definition) is 1. The zero-order valence-corrected chi connectivity index (χ0v) is 10.3. The third-order valence-electron chi connectivity index (χ3n) is 2.45. The monoisotopic (exact) mass is 254 g/mol. The van der Waals surface area contributed by atoms with Crippen molar-refractivity contribution in [3.63, 3.8) is 0 Å². The molecule has 2 rings (SSSR count). The van der Waals surface area contributed by atoms with E-state index in [1.165, 1.54) is 0 Å². The van der Waals surface area contributed by atoms with Gasteiger partial charge in [0.05, 0.1) is 0 Å². The van der Waals surface area contributed by atoms with Crippen molar-refractivity contribution in [1.82, 2.24) is 5.32 Å². The second-order valence-electron chi connectivity index (χ2n) is 3.68. The summed E-state index contributed by atoms with van der Waals surface area (Å²) in [7, 11) is -1.87. The van der Waals surface area contributed by atoms with Crippen LogP contribution < -0.4 is 5.32 Å². The van der Waals surface area contributed by atoms with Gasteiger partial charge in [-0.3, -0.25) is 0 Å². The Morgan fingerprint density at radius 1 is 1.35 bits per heavy atom. The van der Waals surface area contributed by atoms with E-state index in [1.54, 1.807) is 31.4 Å². The van der Waals surface area contributed by atoms with Crippen LogP contribution in [0.3, 0.4) is 0 Å². The minimum atomic E-state index is -3.50. The maximum atomic E-state index is 11.7. The molecular weight excluding hydrogens is 240 g/mol. The first-order valence-corrected chi connectivity index (χ1v) is 6.76. The van der Waals surface area contributed by atoms with Crippen LogP contribution in [0.1, 0.15) is 12.0 Å². The van der Waals surface area contributed by atoms with Gasteiger partial charge in [-0.2, -0.15) is 8.42 Å². The fourth-order valence-corrected chi connectivity index (χ4v) is 2.85. The third kappa shape index (κ3) is 2.48. The van der Waals surface area contributed by atoms with Crippen molar-refractivity contribution in [3.05, 3.63) is 29.8 Å². The Bertz CT molecular complexity index is 537. The lowest BCUT2D eigenvalue weighted by atomic mass is 10.2. The lowest BCUT2D eigenvalue weighted by molar-refractivity contribution is 0.195. The highest BCUT2D eigenvalue weighted by atomic mass is 32.2. The van der Waals surface area contributed by atoms with Gasteiger partial charge in [-0.25, -0.2) is 0 Å². The fourth-order valence-electron chi connectivity index (χ4n) is 1.66. The predicted molar refractivity (Wildman–Crippen MR) is 64.7 cm³/mol. The van der Waals surface area contributed by atoms with E-state index in [2.05, 4.69) is 9.71 Å². The minimum Gasteiger partial charge on any atom is -0.385 e. The molecular formula is C11H14N2O3S. The second-order valence-corrected chi connectivity index (χ2v) is 5.26. The molecule has 0 bridgehead atoms. The second kappa shape index (κ2) is 4.85. The van der Waals surface area contributed by atoms with Crippen LogP contribution in [-0.4, -0.2) is 34.5 Å². The van der Waals surface area contributed by atoms with Crippen LogP contribution in [0.15, 0.2) is 33.6 Å². The summed E-state index contributed by atoms with van der Waals surface area (Å²) >= 11 is 0. The van der Waals surface area contributed by atoms with E-state index in [9.17, 15) is 8.42 Å².